The van der Waals surface area contributed by atoms with Crippen LogP contribution in [-0.4, -0.2) is 26.8 Å². The van der Waals surface area contributed by atoms with Gasteiger partial charge in [-0.3, -0.25) is 14.2 Å². The highest BCUT2D eigenvalue weighted by Gasteiger charge is 2.17. The van der Waals surface area contributed by atoms with E-state index in [4.69, 9.17) is 0 Å². The van der Waals surface area contributed by atoms with Crippen molar-refractivity contribution in [1.29, 1.82) is 0 Å². The molecule has 0 bridgehead atoms. The molecule has 2 heterocycles. The number of rotatable bonds is 5. The van der Waals surface area contributed by atoms with Crippen molar-refractivity contribution in [2.75, 3.05) is 0 Å². The number of hydrogen-bond acceptors (Lipinski definition) is 6. The third-order valence-corrected chi connectivity index (χ3v) is 6.12. The van der Waals surface area contributed by atoms with Gasteiger partial charge in [0, 0.05) is 20.5 Å². The highest BCUT2D eigenvalue weighted by Crippen LogP contribution is 2.35. The van der Waals surface area contributed by atoms with Crippen LogP contribution >= 0.6 is 27.3 Å². The molecule has 2 aromatic heterocycles. The Bertz CT molecular complexity index is 1360. The first-order valence-electron chi connectivity index (χ1n) is 9.28. The van der Waals surface area contributed by atoms with Crippen LogP contribution in [0.2, 0.25) is 0 Å². The summed E-state index contributed by atoms with van der Waals surface area (Å²) in [5.41, 5.74) is 4.31. The lowest BCUT2D eigenvalue weighted by Crippen LogP contribution is -2.30. The Kier molecular flexibility index (Phi) is 5.97. The zero-order valence-corrected chi connectivity index (χ0v) is 18.8. The molecule has 31 heavy (non-hydrogen) atoms. The van der Waals surface area contributed by atoms with Crippen molar-refractivity contribution in [2.45, 2.75) is 13.5 Å². The van der Waals surface area contributed by atoms with Gasteiger partial charge in [0.25, 0.3) is 11.5 Å². The van der Waals surface area contributed by atoms with Gasteiger partial charge in [-0.1, -0.05) is 46.3 Å². The molecular weight excluding hydrogens is 480 g/mol. The summed E-state index contributed by atoms with van der Waals surface area (Å²) in [5, 5.41) is 14.2. The number of hydrogen-bond donors (Lipinski definition) is 2. The summed E-state index contributed by atoms with van der Waals surface area (Å²) < 4.78 is 2.03. The molecule has 0 saturated carbocycles. The first-order chi connectivity index (χ1) is 14.9. The molecule has 0 aliphatic rings. The lowest BCUT2D eigenvalue weighted by atomic mass is 10.0. The predicted octanol–water partition coefficient (Wildman–Crippen LogP) is 4.05. The van der Waals surface area contributed by atoms with Crippen molar-refractivity contribution in [2.24, 2.45) is 5.10 Å². The standard InChI is InChI=1S/C22H17BrN4O3S/c1-13-19(14-5-3-2-4-6-14)20-21(31-13)24-12-27(22(20)30)11-18(29)26-25-10-15-9-16(23)7-8-17(15)28/h2-10,12,28H,11H2,1H3,(H,26,29). The summed E-state index contributed by atoms with van der Waals surface area (Å²) >= 11 is 4.76. The molecule has 7 nitrogen and oxygen atoms in total. The van der Waals surface area contributed by atoms with E-state index in [1.165, 1.54) is 34.5 Å². The number of aromatic nitrogens is 2. The van der Waals surface area contributed by atoms with E-state index < -0.39 is 5.91 Å². The van der Waals surface area contributed by atoms with E-state index in [9.17, 15) is 14.7 Å². The van der Waals surface area contributed by atoms with Crippen LogP contribution in [0.1, 0.15) is 10.4 Å². The second-order valence-corrected chi connectivity index (χ2v) is 8.87. The minimum Gasteiger partial charge on any atom is -0.507 e. The van der Waals surface area contributed by atoms with Gasteiger partial charge in [0.15, 0.2) is 0 Å². The van der Waals surface area contributed by atoms with E-state index >= 15 is 0 Å². The Morgan fingerprint density at radius 2 is 2.06 bits per heavy atom. The fourth-order valence-corrected chi connectivity index (χ4v) is 4.58. The number of nitrogens with zero attached hydrogens (tertiary/aromatic N) is 3. The number of amides is 1. The van der Waals surface area contributed by atoms with Crippen LogP contribution in [0, 0.1) is 6.92 Å². The van der Waals surface area contributed by atoms with E-state index in [1.54, 1.807) is 12.1 Å². The number of fused-ring (bicyclic) bond motifs is 1. The van der Waals surface area contributed by atoms with Crippen molar-refractivity contribution < 1.29 is 9.90 Å². The Morgan fingerprint density at radius 3 is 2.84 bits per heavy atom. The van der Waals surface area contributed by atoms with E-state index in [2.05, 4.69) is 31.4 Å². The SMILES string of the molecule is Cc1sc2ncn(CC(=O)NN=Cc3cc(Br)ccc3O)c(=O)c2c1-c1ccccc1. The van der Waals surface area contributed by atoms with Gasteiger partial charge in [-0.05, 0) is 30.7 Å². The molecule has 4 rings (SSSR count). The summed E-state index contributed by atoms with van der Waals surface area (Å²) in [6, 6.07) is 14.5. The smallest absolute Gasteiger partial charge is 0.263 e. The molecule has 0 fully saturated rings. The van der Waals surface area contributed by atoms with Gasteiger partial charge in [0.05, 0.1) is 17.9 Å². The van der Waals surface area contributed by atoms with Crippen LogP contribution in [0.25, 0.3) is 21.3 Å². The van der Waals surface area contributed by atoms with E-state index in [-0.39, 0.29) is 17.9 Å². The monoisotopic (exact) mass is 496 g/mol. The molecule has 0 spiro atoms. The maximum absolute atomic E-state index is 13.1. The predicted molar refractivity (Wildman–Crippen MR) is 126 cm³/mol. The molecule has 0 unspecified atom stereocenters. The minimum absolute atomic E-state index is 0.0355. The van der Waals surface area contributed by atoms with Gasteiger partial charge in [0.2, 0.25) is 0 Å². The Labute approximate surface area is 189 Å². The quantitative estimate of drug-likeness (QED) is 0.321. The molecule has 0 aliphatic heterocycles. The molecule has 156 valence electrons. The third-order valence-electron chi connectivity index (χ3n) is 4.61. The zero-order valence-electron chi connectivity index (χ0n) is 16.4. The van der Waals surface area contributed by atoms with Gasteiger partial charge in [0.1, 0.15) is 17.1 Å². The lowest BCUT2D eigenvalue weighted by molar-refractivity contribution is -0.121. The maximum Gasteiger partial charge on any atom is 0.263 e. The third kappa shape index (κ3) is 4.42. The average molecular weight is 497 g/mol. The largest absolute Gasteiger partial charge is 0.507 e. The molecule has 0 atom stereocenters. The average Bonchev–Trinajstić information content (AvgIpc) is 3.10. The normalized spacial score (nSPS) is 11.3. The van der Waals surface area contributed by atoms with Gasteiger partial charge in [-0.2, -0.15) is 5.10 Å². The summed E-state index contributed by atoms with van der Waals surface area (Å²) in [7, 11) is 0. The van der Waals surface area contributed by atoms with Crippen molar-refractivity contribution in [3.63, 3.8) is 0 Å². The Hall–Kier alpha value is -3.30. The van der Waals surface area contributed by atoms with Crippen LogP contribution in [-0.2, 0) is 11.3 Å². The number of benzene rings is 2. The first kappa shape index (κ1) is 21.0. The molecule has 0 saturated heterocycles. The van der Waals surface area contributed by atoms with Crippen LogP contribution in [0.5, 0.6) is 5.75 Å². The number of phenols is 1. The number of hydrazone groups is 1. The zero-order chi connectivity index (χ0) is 22.0. The molecular formula is C22H17BrN4O3S. The second-order valence-electron chi connectivity index (χ2n) is 6.75. The number of thiophene rings is 1. The summed E-state index contributed by atoms with van der Waals surface area (Å²) in [6.45, 7) is 1.73. The number of aromatic hydroxyl groups is 1. The number of carbonyl (C=O) groups is 1. The maximum atomic E-state index is 13.1. The molecule has 1 amide bonds. The number of phenolic OH excluding ortho intramolecular Hbond substituents is 1. The van der Waals surface area contributed by atoms with Gasteiger partial charge in [-0.25, -0.2) is 10.4 Å². The summed E-state index contributed by atoms with van der Waals surface area (Å²) in [6.07, 6.45) is 2.71. The molecule has 2 N–H and O–H groups in total. The van der Waals surface area contributed by atoms with E-state index in [0.29, 0.717) is 15.8 Å². The number of aryl methyl sites for hydroxylation is 1. The highest BCUT2D eigenvalue weighted by atomic mass is 79.9. The number of nitrogens with one attached hydrogen (secondary N) is 1. The summed E-state index contributed by atoms with van der Waals surface area (Å²) in [4.78, 5) is 31.5. The fourth-order valence-electron chi connectivity index (χ4n) is 3.20. The van der Waals surface area contributed by atoms with Crippen molar-refractivity contribution >= 4 is 49.6 Å². The van der Waals surface area contributed by atoms with Gasteiger partial charge in [-0.15, -0.1) is 11.3 Å². The van der Waals surface area contributed by atoms with Crippen LogP contribution in [0.15, 0.2) is 69.2 Å². The van der Waals surface area contributed by atoms with Crippen molar-refractivity contribution in [3.8, 4) is 16.9 Å². The second kappa shape index (κ2) is 8.83. The van der Waals surface area contributed by atoms with Crippen LogP contribution < -0.4 is 11.0 Å². The molecule has 4 aromatic rings. The first-order valence-corrected chi connectivity index (χ1v) is 10.9. The number of halogens is 1. The van der Waals surface area contributed by atoms with Gasteiger partial charge >= 0.3 is 0 Å². The van der Waals surface area contributed by atoms with Gasteiger partial charge < -0.3 is 5.11 Å². The minimum atomic E-state index is -0.484. The topological polar surface area (TPSA) is 96.6 Å². The van der Waals surface area contributed by atoms with Crippen molar-refractivity contribution in [1.82, 2.24) is 15.0 Å². The molecule has 9 heteroatoms. The molecule has 0 radical (unpaired) electrons. The van der Waals surface area contributed by atoms with E-state index in [0.717, 1.165) is 20.5 Å². The molecule has 2 aromatic carbocycles. The fraction of sp³-hybridized carbons (Fsp3) is 0.0909. The number of carbonyl (C=O) groups excluding carboxylic acids is 1. The van der Waals surface area contributed by atoms with Crippen LogP contribution in [0.3, 0.4) is 0 Å². The Balaban J connectivity index is 1.58. The highest BCUT2D eigenvalue weighted by molar-refractivity contribution is 9.10. The lowest BCUT2D eigenvalue weighted by Gasteiger charge is -2.06. The summed E-state index contributed by atoms with van der Waals surface area (Å²) in [5.74, 6) is -0.449. The Morgan fingerprint density at radius 1 is 1.29 bits per heavy atom. The molecule has 0 aliphatic carbocycles. The van der Waals surface area contributed by atoms with Crippen molar-refractivity contribution in [3.05, 3.63) is 80.1 Å². The van der Waals surface area contributed by atoms with E-state index in [1.807, 2.05) is 37.3 Å². The van der Waals surface area contributed by atoms with Crippen LogP contribution in [0.4, 0.5) is 0 Å².